The van der Waals surface area contributed by atoms with E-state index in [4.69, 9.17) is 27.9 Å². The van der Waals surface area contributed by atoms with E-state index >= 15 is 0 Å². The average Bonchev–Trinajstić information content (AvgIpc) is 3.12. The van der Waals surface area contributed by atoms with Crippen LogP contribution in [0.3, 0.4) is 0 Å². The van der Waals surface area contributed by atoms with Gasteiger partial charge in [-0.25, -0.2) is 9.37 Å². The Balaban J connectivity index is 1.36. The highest BCUT2D eigenvalue weighted by atomic mass is 35.5. The number of carbonyl (C=O) groups excluding carboxylic acids is 2. The van der Waals surface area contributed by atoms with Gasteiger partial charge in [-0.1, -0.05) is 23.2 Å². The third kappa shape index (κ3) is 6.26. The molecule has 2 amide bonds. The Hall–Kier alpha value is -2.79. The summed E-state index contributed by atoms with van der Waals surface area (Å²) in [6.07, 6.45) is -0.160. The molecule has 3 heterocycles. The zero-order valence-electron chi connectivity index (χ0n) is 20.5. The van der Waals surface area contributed by atoms with Crippen molar-refractivity contribution in [2.24, 2.45) is 0 Å². The number of carbonyl (C=O) groups is 2. The van der Waals surface area contributed by atoms with Gasteiger partial charge >= 0.3 is 6.18 Å². The van der Waals surface area contributed by atoms with Crippen LogP contribution in [0.5, 0.6) is 5.75 Å². The number of hydrogen-bond donors (Lipinski definition) is 2. The number of amides is 2. The molecule has 2 aliphatic rings. The van der Waals surface area contributed by atoms with Crippen LogP contribution >= 0.6 is 23.2 Å². The van der Waals surface area contributed by atoms with Crippen molar-refractivity contribution < 1.29 is 31.9 Å². The standard InChI is InChI=1S/C25H26Cl2F4N4O3/c1-24(2,38-18-7-6-17(28)20(26)21(18)27)23(37)34-14-9-15-4-5-16(10-14)35(15)19-8-3-13(11-32-19)22(36)33-12-25(29,30)31/h3,6-8,11,14-16H,4-5,9-10,12H2,1-2H3,(H,33,36)(H,34,37). The second-order valence-electron chi connectivity index (χ2n) is 9.92. The lowest BCUT2D eigenvalue weighted by Gasteiger charge is -2.40. The summed E-state index contributed by atoms with van der Waals surface area (Å²) >= 11 is 11.9. The predicted octanol–water partition coefficient (Wildman–Crippen LogP) is 5.29. The third-order valence-corrected chi connectivity index (χ3v) is 7.55. The van der Waals surface area contributed by atoms with E-state index in [0.717, 1.165) is 18.9 Å². The number of ether oxygens (including phenoxy) is 1. The number of aromatic nitrogens is 1. The number of halogens is 6. The van der Waals surface area contributed by atoms with Crippen LogP contribution in [-0.4, -0.2) is 53.2 Å². The van der Waals surface area contributed by atoms with Crippen LogP contribution in [0.25, 0.3) is 0 Å². The number of fused-ring (bicyclic) bond motifs is 2. The number of alkyl halides is 3. The van der Waals surface area contributed by atoms with Gasteiger partial charge in [0.1, 0.15) is 29.0 Å². The molecule has 4 rings (SSSR count). The molecule has 0 spiro atoms. The first-order valence-corrected chi connectivity index (χ1v) is 12.7. The quantitative estimate of drug-likeness (QED) is 0.345. The average molecular weight is 577 g/mol. The maximum Gasteiger partial charge on any atom is 0.405 e. The number of rotatable bonds is 7. The van der Waals surface area contributed by atoms with Gasteiger partial charge in [-0.05, 0) is 63.8 Å². The number of piperidine rings is 1. The Morgan fingerprint density at radius 1 is 1.08 bits per heavy atom. The van der Waals surface area contributed by atoms with Gasteiger partial charge < -0.3 is 20.3 Å². The van der Waals surface area contributed by atoms with Crippen LogP contribution in [0.1, 0.15) is 49.9 Å². The Kier molecular flexibility index (Phi) is 7.99. The predicted molar refractivity (Wildman–Crippen MR) is 134 cm³/mol. The monoisotopic (exact) mass is 576 g/mol. The van der Waals surface area contributed by atoms with Crippen LogP contribution in [0, 0.1) is 5.82 Å². The molecular formula is C25H26Cl2F4N4O3. The zero-order valence-corrected chi connectivity index (χ0v) is 22.1. The van der Waals surface area contributed by atoms with E-state index in [2.05, 4.69) is 15.2 Å². The van der Waals surface area contributed by atoms with Gasteiger partial charge in [-0.15, -0.1) is 0 Å². The van der Waals surface area contributed by atoms with Gasteiger partial charge in [0, 0.05) is 24.3 Å². The van der Waals surface area contributed by atoms with Gasteiger partial charge in [0.25, 0.3) is 11.8 Å². The molecule has 2 bridgehead atoms. The van der Waals surface area contributed by atoms with Crippen LogP contribution in [-0.2, 0) is 4.79 Å². The van der Waals surface area contributed by atoms with Crippen LogP contribution < -0.4 is 20.3 Å². The molecule has 2 aromatic rings. The van der Waals surface area contributed by atoms with Crippen molar-refractivity contribution in [1.29, 1.82) is 0 Å². The summed E-state index contributed by atoms with van der Waals surface area (Å²) in [6, 6.07) is 5.56. The molecule has 2 fully saturated rings. The molecule has 2 aliphatic heterocycles. The van der Waals surface area contributed by atoms with Crippen molar-refractivity contribution in [3.8, 4) is 5.75 Å². The molecular weight excluding hydrogens is 551 g/mol. The van der Waals surface area contributed by atoms with Gasteiger partial charge in [0.05, 0.1) is 10.6 Å². The summed E-state index contributed by atoms with van der Waals surface area (Å²) in [5, 5.41) is 4.47. The summed E-state index contributed by atoms with van der Waals surface area (Å²) in [5.41, 5.74) is -1.28. The topological polar surface area (TPSA) is 83.6 Å². The minimum Gasteiger partial charge on any atom is -0.476 e. The first-order chi connectivity index (χ1) is 17.7. The molecule has 0 saturated carbocycles. The first-order valence-electron chi connectivity index (χ1n) is 12.0. The van der Waals surface area contributed by atoms with E-state index in [1.54, 1.807) is 19.9 Å². The molecule has 0 radical (unpaired) electrons. The van der Waals surface area contributed by atoms with E-state index in [-0.39, 0.29) is 45.4 Å². The number of benzene rings is 1. The molecule has 1 aromatic carbocycles. The smallest absolute Gasteiger partial charge is 0.405 e. The van der Waals surface area contributed by atoms with Gasteiger partial charge in [0.2, 0.25) is 0 Å². The Morgan fingerprint density at radius 3 is 2.32 bits per heavy atom. The highest BCUT2D eigenvalue weighted by molar-refractivity contribution is 6.43. The van der Waals surface area contributed by atoms with Crippen molar-refractivity contribution in [3.05, 3.63) is 51.9 Å². The number of pyridine rings is 1. The molecule has 2 N–H and O–H groups in total. The highest BCUT2D eigenvalue weighted by Gasteiger charge is 2.43. The van der Waals surface area contributed by atoms with Crippen LogP contribution in [0.15, 0.2) is 30.5 Å². The van der Waals surface area contributed by atoms with Crippen LogP contribution in [0.2, 0.25) is 10.0 Å². The highest BCUT2D eigenvalue weighted by Crippen LogP contribution is 2.39. The SMILES string of the molecule is CC(C)(Oc1ccc(F)c(Cl)c1Cl)C(=O)NC1CC2CCC(C1)N2c1ccc(C(=O)NCC(F)(F)F)cn1. The second-order valence-corrected chi connectivity index (χ2v) is 10.7. The van der Waals surface area contributed by atoms with Crippen molar-refractivity contribution >= 4 is 40.8 Å². The molecule has 206 valence electrons. The lowest BCUT2D eigenvalue weighted by molar-refractivity contribution is -0.135. The molecule has 2 saturated heterocycles. The summed E-state index contributed by atoms with van der Waals surface area (Å²) < 4.78 is 56.5. The number of nitrogens with zero attached hydrogens (tertiary/aromatic N) is 2. The number of hydrogen-bond acceptors (Lipinski definition) is 5. The molecule has 0 aliphatic carbocycles. The normalized spacial score (nSPS) is 21.3. The van der Waals surface area contributed by atoms with E-state index < -0.39 is 30.0 Å². The fraction of sp³-hybridized carbons (Fsp3) is 0.480. The van der Waals surface area contributed by atoms with E-state index in [1.807, 2.05) is 5.32 Å². The number of anilines is 1. The maximum atomic E-state index is 13.6. The van der Waals surface area contributed by atoms with E-state index in [0.29, 0.717) is 18.7 Å². The lowest BCUT2D eigenvalue weighted by Crippen LogP contribution is -2.55. The van der Waals surface area contributed by atoms with E-state index in [1.165, 1.54) is 18.3 Å². The largest absolute Gasteiger partial charge is 0.476 e. The van der Waals surface area contributed by atoms with Crippen LogP contribution in [0.4, 0.5) is 23.4 Å². The van der Waals surface area contributed by atoms with Gasteiger partial charge in [-0.3, -0.25) is 9.59 Å². The molecule has 1 aromatic heterocycles. The molecule has 38 heavy (non-hydrogen) atoms. The minimum absolute atomic E-state index is 0.0391. The second kappa shape index (κ2) is 10.8. The summed E-state index contributed by atoms with van der Waals surface area (Å²) in [7, 11) is 0. The molecule has 7 nitrogen and oxygen atoms in total. The fourth-order valence-electron chi connectivity index (χ4n) is 4.89. The maximum absolute atomic E-state index is 13.6. The summed E-state index contributed by atoms with van der Waals surface area (Å²) in [5.74, 6) is -1.18. The van der Waals surface area contributed by atoms with Gasteiger partial charge in [-0.2, -0.15) is 13.2 Å². The van der Waals surface area contributed by atoms with Crippen molar-refractivity contribution in [2.45, 2.75) is 69.4 Å². The minimum atomic E-state index is -4.49. The fourth-order valence-corrected chi connectivity index (χ4v) is 5.24. The Bertz CT molecular complexity index is 1200. The van der Waals surface area contributed by atoms with E-state index in [9.17, 15) is 27.2 Å². The molecule has 2 unspecified atom stereocenters. The van der Waals surface area contributed by atoms with Crippen molar-refractivity contribution in [1.82, 2.24) is 15.6 Å². The Morgan fingerprint density at radius 2 is 1.74 bits per heavy atom. The van der Waals surface area contributed by atoms with Gasteiger partial charge in [0.15, 0.2) is 5.60 Å². The summed E-state index contributed by atoms with van der Waals surface area (Å²) in [4.78, 5) is 31.5. The summed E-state index contributed by atoms with van der Waals surface area (Å²) in [6.45, 7) is 1.75. The molecule has 13 heteroatoms. The zero-order chi connectivity index (χ0) is 27.8. The number of nitrogens with one attached hydrogen (secondary N) is 2. The van der Waals surface area contributed by atoms with Crippen molar-refractivity contribution in [2.75, 3.05) is 11.4 Å². The van der Waals surface area contributed by atoms with Crippen molar-refractivity contribution in [3.63, 3.8) is 0 Å². The third-order valence-electron chi connectivity index (χ3n) is 6.70. The first kappa shape index (κ1) is 28.2. The lowest BCUT2D eigenvalue weighted by atomic mass is 9.96. The molecule has 2 atom stereocenters. The Labute approximate surface area is 226 Å².